The minimum absolute atomic E-state index is 0.284. The molecule has 0 atom stereocenters. The Hall–Kier alpha value is -1.89. The number of benzene rings is 2. The maximum atomic E-state index is 11.9. The second-order valence-electron chi connectivity index (χ2n) is 7.12. The summed E-state index contributed by atoms with van der Waals surface area (Å²) in [4.78, 5) is 18.0. The number of carbonyl (C=O) groups is 1. The van der Waals surface area contributed by atoms with Crippen molar-refractivity contribution in [3.8, 4) is 11.3 Å². The molecule has 2 aromatic carbocycles. The Morgan fingerprint density at radius 2 is 1.74 bits per heavy atom. The van der Waals surface area contributed by atoms with Crippen LogP contribution in [0.25, 0.3) is 11.3 Å². The topological polar surface area (TPSA) is 39.2 Å². The fourth-order valence-electron chi connectivity index (χ4n) is 2.62. The number of carbonyl (C=O) groups excluding carboxylic acids is 1. The number of rotatable bonds is 6. The van der Waals surface area contributed by atoms with Crippen LogP contribution < -0.4 is 4.50 Å². The van der Waals surface area contributed by atoms with E-state index in [0.717, 1.165) is 15.6 Å². The lowest BCUT2D eigenvalue weighted by molar-refractivity contribution is 0.0526. The molecule has 0 aliphatic rings. The second-order valence-corrected chi connectivity index (χ2v) is 14.8. The molecule has 0 amide bonds. The third-order valence-corrected chi connectivity index (χ3v) is 9.59. The van der Waals surface area contributed by atoms with Crippen molar-refractivity contribution in [1.82, 2.24) is 4.98 Å². The highest BCUT2D eigenvalue weighted by Gasteiger charge is 2.26. The van der Waals surface area contributed by atoms with E-state index in [2.05, 4.69) is 31.8 Å². The van der Waals surface area contributed by atoms with E-state index in [1.54, 1.807) is 23.1 Å². The van der Waals surface area contributed by atoms with E-state index in [1.807, 2.05) is 49.4 Å². The Balaban J connectivity index is 1.95. The summed E-state index contributed by atoms with van der Waals surface area (Å²) in [5, 5.41) is 0. The fourth-order valence-corrected chi connectivity index (χ4v) is 7.17. The van der Waals surface area contributed by atoms with Gasteiger partial charge in [0, 0.05) is 15.0 Å². The van der Waals surface area contributed by atoms with Crippen LogP contribution in [-0.2, 0) is 4.74 Å². The number of hydrogen-bond donors (Lipinski definition) is 0. The number of thiazole rings is 1. The fraction of sp³-hybridized carbons (Fsp3) is 0.238. The van der Waals surface area contributed by atoms with Gasteiger partial charge in [-0.05, 0) is 31.2 Å². The van der Waals surface area contributed by atoms with Crippen molar-refractivity contribution in [1.29, 1.82) is 0 Å². The molecule has 0 unspecified atom stereocenters. The van der Waals surface area contributed by atoms with Crippen molar-refractivity contribution in [3.05, 3.63) is 60.2 Å². The molecule has 0 saturated heterocycles. The summed E-state index contributed by atoms with van der Waals surface area (Å²) in [5.41, 5.74) is 2.67. The Labute approximate surface area is 169 Å². The largest absolute Gasteiger partial charge is 0.462 e. The zero-order valence-corrected chi connectivity index (χ0v) is 18.6. The van der Waals surface area contributed by atoms with Crippen LogP contribution in [0.2, 0.25) is 19.6 Å². The predicted molar refractivity (Wildman–Crippen MR) is 117 cm³/mol. The van der Waals surface area contributed by atoms with Gasteiger partial charge in [0.15, 0.2) is 4.34 Å². The normalized spacial score (nSPS) is 11.4. The molecule has 140 valence electrons. The monoisotopic (exact) mass is 413 g/mol. The number of aromatic nitrogens is 1. The average molecular weight is 414 g/mol. The standard InChI is InChI=1S/C21H23NO2S2Si/c1-5-24-19(23)16-13-11-15(12-14-16)18-20(27(2,3)4)26-21(22-18)25-17-9-7-6-8-10-17/h6-14H,5H2,1-4H3. The van der Waals surface area contributed by atoms with Gasteiger partial charge < -0.3 is 4.74 Å². The van der Waals surface area contributed by atoms with Crippen molar-refractivity contribution < 1.29 is 9.53 Å². The van der Waals surface area contributed by atoms with Crippen LogP contribution in [-0.4, -0.2) is 25.6 Å². The molecule has 0 saturated carbocycles. The van der Waals surface area contributed by atoms with Crippen LogP contribution in [0.15, 0.2) is 63.8 Å². The van der Waals surface area contributed by atoms with Gasteiger partial charge in [0.25, 0.3) is 0 Å². The van der Waals surface area contributed by atoms with Gasteiger partial charge in [-0.1, -0.05) is 61.7 Å². The van der Waals surface area contributed by atoms with E-state index in [0.29, 0.717) is 12.2 Å². The van der Waals surface area contributed by atoms with Gasteiger partial charge in [-0.25, -0.2) is 9.78 Å². The summed E-state index contributed by atoms with van der Waals surface area (Å²) in [5.74, 6) is -0.284. The van der Waals surface area contributed by atoms with Gasteiger partial charge in [0.1, 0.15) is 0 Å². The minimum atomic E-state index is -1.55. The molecule has 0 spiro atoms. The molecule has 0 N–H and O–H groups in total. The van der Waals surface area contributed by atoms with E-state index in [4.69, 9.17) is 9.72 Å². The molecule has 1 aromatic heterocycles. The molecule has 0 aliphatic heterocycles. The number of esters is 1. The van der Waals surface area contributed by atoms with Crippen LogP contribution in [0, 0.1) is 0 Å². The van der Waals surface area contributed by atoms with E-state index in [9.17, 15) is 4.79 Å². The molecule has 3 nitrogen and oxygen atoms in total. The van der Waals surface area contributed by atoms with Crippen LogP contribution in [0.1, 0.15) is 17.3 Å². The number of ether oxygens (including phenoxy) is 1. The van der Waals surface area contributed by atoms with Crippen LogP contribution in [0.5, 0.6) is 0 Å². The molecule has 3 aromatic rings. The average Bonchev–Trinajstić information content (AvgIpc) is 3.07. The zero-order valence-electron chi connectivity index (χ0n) is 16.0. The van der Waals surface area contributed by atoms with Crippen molar-refractivity contribution in [2.24, 2.45) is 0 Å². The molecule has 1 heterocycles. The summed E-state index contributed by atoms with van der Waals surface area (Å²) >= 11 is 3.50. The van der Waals surface area contributed by atoms with Crippen molar-refractivity contribution in [2.75, 3.05) is 6.61 Å². The lowest BCUT2D eigenvalue weighted by Crippen LogP contribution is -2.36. The predicted octanol–water partition coefficient (Wildman–Crippen LogP) is 5.68. The lowest BCUT2D eigenvalue weighted by atomic mass is 10.1. The lowest BCUT2D eigenvalue weighted by Gasteiger charge is -2.15. The molecule has 27 heavy (non-hydrogen) atoms. The zero-order chi connectivity index (χ0) is 19.4. The van der Waals surface area contributed by atoms with E-state index in [-0.39, 0.29) is 5.97 Å². The summed E-state index contributed by atoms with van der Waals surface area (Å²) < 4.78 is 7.51. The molecule has 6 heteroatoms. The maximum Gasteiger partial charge on any atom is 0.338 e. The maximum absolute atomic E-state index is 11.9. The summed E-state index contributed by atoms with van der Waals surface area (Å²) in [6.07, 6.45) is 0. The van der Waals surface area contributed by atoms with Crippen LogP contribution in [0.3, 0.4) is 0 Å². The summed E-state index contributed by atoms with van der Waals surface area (Å²) in [7, 11) is -1.55. The Morgan fingerprint density at radius 3 is 2.33 bits per heavy atom. The van der Waals surface area contributed by atoms with Crippen molar-refractivity contribution in [3.63, 3.8) is 0 Å². The molecule has 0 radical (unpaired) electrons. The highest BCUT2D eigenvalue weighted by atomic mass is 32.2. The van der Waals surface area contributed by atoms with Gasteiger partial charge in [0.05, 0.1) is 25.9 Å². The van der Waals surface area contributed by atoms with Gasteiger partial charge >= 0.3 is 5.97 Å². The molecular weight excluding hydrogens is 390 g/mol. The van der Waals surface area contributed by atoms with Crippen molar-refractivity contribution in [2.45, 2.75) is 35.8 Å². The van der Waals surface area contributed by atoms with Gasteiger partial charge in [0.2, 0.25) is 0 Å². The Bertz CT molecular complexity index is 916. The van der Waals surface area contributed by atoms with Crippen molar-refractivity contribution >= 4 is 41.6 Å². The molecule has 0 fully saturated rings. The first-order valence-electron chi connectivity index (χ1n) is 8.90. The second kappa shape index (κ2) is 8.42. The number of hydrogen-bond acceptors (Lipinski definition) is 5. The van der Waals surface area contributed by atoms with Crippen LogP contribution in [0.4, 0.5) is 0 Å². The van der Waals surface area contributed by atoms with Gasteiger partial charge in [-0.15, -0.1) is 11.3 Å². The highest BCUT2D eigenvalue weighted by Crippen LogP contribution is 2.33. The van der Waals surface area contributed by atoms with Gasteiger partial charge in [-0.2, -0.15) is 0 Å². The first-order valence-corrected chi connectivity index (χ1v) is 14.0. The first kappa shape index (κ1) is 19.9. The molecule has 0 bridgehead atoms. The van der Waals surface area contributed by atoms with E-state index >= 15 is 0 Å². The third-order valence-electron chi connectivity index (χ3n) is 3.91. The Kier molecular flexibility index (Phi) is 6.19. The quantitative estimate of drug-likeness (QED) is 0.385. The summed E-state index contributed by atoms with van der Waals surface area (Å²) in [6.45, 7) is 9.22. The smallest absolute Gasteiger partial charge is 0.338 e. The Morgan fingerprint density at radius 1 is 1.07 bits per heavy atom. The highest BCUT2D eigenvalue weighted by molar-refractivity contribution is 8.01. The van der Waals surface area contributed by atoms with E-state index in [1.165, 1.54) is 9.40 Å². The summed E-state index contributed by atoms with van der Waals surface area (Å²) in [6, 6.07) is 17.9. The first-order chi connectivity index (χ1) is 12.9. The third kappa shape index (κ3) is 4.89. The number of nitrogens with zero attached hydrogens (tertiary/aromatic N) is 1. The minimum Gasteiger partial charge on any atom is -0.462 e. The van der Waals surface area contributed by atoms with Crippen LogP contribution >= 0.6 is 23.1 Å². The molecule has 3 rings (SSSR count). The van der Waals surface area contributed by atoms with Gasteiger partial charge in [-0.3, -0.25) is 0 Å². The molecular formula is C21H23NO2S2Si. The molecule has 0 aliphatic carbocycles. The van der Waals surface area contributed by atoms with E-state index < -0.39 is 8.07 Å². The SMILES string of the molecule is CCOC(=O)c1ccc(-c2nc(Sc3ccccc3)sc2[Si](C)(C)C)cc1.